The second-order valence-electron chi connectivity index (χ2n) is 8.14. The molecule has 0 atom stereocenters. The highest BCUT2D eigenvalue weighted by atomic mass is 19.4. The number of imidazole rings is 1. The summed E-state index contributed by atoms with van der Waals surface area (Å²) in [5.41, 5.74) is 2.37. The van der Waals surface area contributed by atoms with Gasteiger partial charge in [-0.15, -0.1) is 0 Å². The molecule has 4 rings (SSSR count). The van der Waals surface area contributed by atoms with Crippen molar-refractivity contribution in [2.75, 3.05) is 27.2 Å². The number of carbonyl (C=O) groups excluding carboxylic acids is 1. The number of nitrogens with zero attached hydrogens (tertiary/aromatic N) is 4. The predicted molar refractivity (Wildman–Crippen MR) is 116 cm³/mol. The van der Waals surface area contributed by atoms with Gasteiger partial charge in [0.05, 0.1) is 5.52 Å². The minimum Gasteiger partial charge on any atom is -0.475 e. The van der Waals surface area contributed by atoms with Crippen LogP contribution in [-0.2, 0) is 11.3 Å². The third-order valence-electron chi connectivity index (χ3n) is 5.07. The summed E-state index contributed by atoms with van der Waals surface area (Å²) in [6.07, 6.45) is 3.48. The van der Waals surface area contributed by atoms with Crippen LogP contribution in [0.2, 0.25) is 0 Å². The van der Waals surface area contributed by atoms with Gasteiger partial charge in [0.2, 0.25) is 0 Å². The molecule has 2 N–H and O–H groups in total. The van der Waals surface area contributed by atoms with E-state index in [0.29, 0.717) is 11.6 Å². The summed E-state index contributed by atoms with van der Waals surface area (Å²) < 4.78 is 35.9. The molecule has 178 valence electrons. The molecule has 0 radical (unpaired) electrons. The Morgan fingerprint density at radius 1 is 1.21 bits per heavy atom. The molecule has 0 spiro atoms. The van der Waals surface area contributed by atoms with Crippen LogP contribution in [0.4, 0.5) is 13.2 Å². The number of amides is 1. The van der Waals surface area contributed by atoms with Crippen molar-refractivity contribution in [3.05, 3.63) is 48.5 Å². The van der Waals surface area contributed by atoms with Crippen molar-refractivity contribution >= 4 is 17.4 Å². The number of hydrogen-bond donors (Lipinski definition) is 2. The van der Waals surface area contributed by atoms with Crippen molar-refractivity contribution in [3.8, 4) is 11.4 Å². The maximum absolute atomic E-state index is 12.6. The van der Waals surface area contributed by atoms with Gasteiger partial charge < -0.3 is 19.9 Å². The third kappa shape index (κ3) is 6.58. The zero-order chi connectivity index (χ0) is 24.2. The lowest BCUT2D eigenvalue weighted by molar-refractivity contribution is -0.192. The molecule has 1 amide bonds. The number of pyridine rings is 1. The number of likely N-dealkylation sites (N-methyl/N-ethyl adjacent to an activating group) is 1. The molecule has 1 saturated carbocycles. The van der Waals surface area contributed by atoms with E-state index in [1.54, 1.807) is 0 Å². The molecule has 3 aromatic rings. The fourth-order valence-electron chi connectivity index (χ4n) is 3.08. The Morgan fingerprint density at radius 3 is 2.52 bits per heavy atom. The van der Waals surface area contributed by atoms with Crippen LogP contribution in [0.3, 0.4) is 0 Å². The number of alkyl halides is 3. The van der Waals surface area contributed by atoms with Gasteiger partial charge in [0.1, 0.15) is 5.82 Å². The zero-order valence-corrected chi connectivity index (χ0v) is 18.3. The summed E-state index contributed by atoms with van der Waals surface area (Å²) in [6, 6.07) is 7.92. The van der Waals surface area contributed by atoms with Gasteiger partial charge in [-0.2, -0.15) is 13.2 Å². The van der Waals surface area contributed by atoms with E-state index < -0.39 is 12.1 Å². The molecule has 1 aliphatic rings. The van der Waals surface area contributed by atoms with Crippen molar-refractivity contribution in [1.29, 1.82) is 0 Å². The highest BCUT2D eigenvalue weighted by Crippen LogP contribution is 2.28. The fraction of sp³-hybridized carbons (Fsp3) is 0.409. The summed E-state index contributed by atoms with van der Waals surface area (Å²) >= 11 is 0. The number of hydrogen-bond acceptors (Lipinski definition) is 4. The molecule has 0 unspecified atom stereocenters. The monoisotopic (exact) mass is 465 g/mol. The SMILES string of the molecule is CN(C)CCn1ccc(-c2nc(C(=O)NCC3CC3)c3ccccn23)c1.O=C(O)C(F)(F)F. The highest BCUT2D eigenvalue weighted by Gasteiger charge is 2.38. The van der Waals surface area contributed by atoms with E-state index in [4.69, 9.17) is 14.9 Å². The first-order valence-electron chi connectivity index (χ1n) is 10.4. The average molecular weight is 465 g/mol. The molecule has 0 aromatic carbocycles. The number of carboxylic acids is 1. The molecule has 3 heterocycles. The van der Waals surface area contributed by atoms with Gasteiger partial charge >= 0.3 is 12.1 Å². The molecule has 1 fully saturated rings. The molecule has 1 aliphatic carbocycles. The molecule has 11 heteroatoms. The van der Waals surface area contributed by atoms with Gasteiger partial charge in [0.15, 0.2) is 5.69 Å². The Labute approximate surface area is 188 Å². The maximum atomic E-state index is 12.6. The number of rotatable bonds is 7. The van der Waals surface area contributed by atoms with E-state index in [9.17, 15) is 18.0 Å². The van der Waals surface area contributed by atoms with E-state index in [2.05, 4.69) is 47.3 Å². The summed E-state index contributed by atoms with van der Waals surface area (Å²) in [6.45, 7) is 2.65. The lowest BCUT2D eigenvalue weighted by Gasteiger charge is -2.09. The Morgan fingerprint density at radius 2 is 1.91 bits per heavy atom. The van der Waals surface area contributed by atoms with Crippen LogP contribution in [0.15, 0.2) is 42.9 Å². The smallest absolute Gasteiger partial charge is 0.475 e. The summed E-state index contributed by atoms with van der Waals surface area (Å²) in [5, 5.41) is 10.2. The Bertz CT molecular complexity index is 1120. The number of aromatic nitrogens is 3. The van der Waals surface area contributed by atoms with Gasteiger partial charge in [-0.3, -0.25) is 9.20 Å². The second-order valence-corrected chi connectivity index (χ2v) is 8.14. The first-order chi connectivity index (χ1) is 15.6. The highest BCUT2D eigenvalue weighted by molar-refractivity contribution is 6.00. The number of carbonyl (C=O) groups is 2. The lowest BCUT2D eigenvalue weighted by atomic mass is 10.3. The van der Waals surface area contributed by atoms with Crippen LogP contribution >= 0.6 is 0 Å². The van der Waals surface area contributed by atoms with Crippen LogP contribution < -0.4 is 5.32 Å². The topological polar surface area (TPSA) is 91.9 Å². The second kappa shape index (κ2) is 10.1. The van der Waals surface area contributed by atoms with Crippen molar-refractivity contribution in [1.82, 2.24) is 24.2 Å². The van der Waals surface area contributed by atoms with Crippen molar-refractivity contribution < 1.29 is 27.9 Å². The van der Waals surface area contributed by atoms with E-state index in [-0.39, 0.29) is 5.91 Å². The number of nitrogens with one attached hydrogen (secondary N) is 1. The van der Waals surface area contributed by atoms with Gasteiger partial charge in [-0.25, -0.2) is 9.78 Å². The molecule has 0 aliphatic heterocycles. The Balaban J connectivity index is 0.000000383. The Kier molecular flexibility index (Phi) is 7.42. The van der Waals surface area contributed by atoms with E-state index in [1.165, 1.54) is 12.8 Å². The van der Waals surface area contributed by atoms with Crippen LogP contribution in [0.25, 0.3) is 16.9 Å². The molecule has 3 aromatic heterocycles. The van der Waals surface area contributed by atoms with Crippen LogP contribution in [0.1, 0.15) is 23.3 Å². The molecular weight excluding hydrogens is 439 g/mol. The largest absolute Gasteiger partial charge is 0.490 e. The van der Waals surface area contributed by atoms with E-state index >= 15 is 0 Å². The van der Waals surface area contributed by atoms with Crippen molar-refractivity contribution in [2.45, 2.75) is 25.6 Å². The number of aliphatic carboxylic acids is 1. The van der Waals surface area contributed by atoms with Crippen molar-refractivity contribution in [3.63, 3.8) is 0 Å². The fourth-order valence-corrected chi connectivity index (χ4v) is 3.08. The third-order valence-corrected chi connectivity index (χ3v) is 5.07. The first-order valence-corrected chi connectivity index (χ1v) is 10.4. The van der Waals surface area contributed by atoms with Gasteiger partial charge in [-0.05, 0) is 51.1 Å². The van der Waals surface area contributed by atoms with E-state index in [0.717, 1.165) is 36.5 Å². The van der Waals surface area contributed by atoms with Crippen LogP contribution in [0, 0.1) is 5.92 Å². The average Bonchev–Trinajstić information content (AvgIpc) is 3.32. The molecule has 0 saturated heterocycles. The minimum absolute atomic E-state index is 0.0844. The maximum Gasteiger partial charge on any atom is 0.490 e. The van der Waals surface area contributed by atoms with Gasteiger partial charge in [-0.1, -0.05) is 6.07 Å². The molecule has 8 nitrogen and oxygen atoms in total. The quantitative estimate of drug-likeness (QED) is 0.560. The van der Waals surface area contributed by atoms with Gasteiger partial charge in [0, 0.05) is 43.8 Å². The van der Waals surface area contributed by atoms with Crippen LogP contribution in [-0.4, -0.2) is 69.2 Å². The molecular formula is C22H26F3N5O3. The lowest BCUT2D eigenvalue weighted by Crippen LogP contribution is -2.26. The van der Waals surface area contributed by atoms with Gasteiger partial charge in [0.25, 0.3) is 5.91 Å². The summed E-state index contributed by atoms with van der Waals surface area (Å²) in [7, 11) is 4.14. The number of halogens is 3. The zero-order valence-electron chi connectivity index (χ0n) is 18.3. The normalized spacial score (nSPS) is 13.6. The summed E-state index contributed by atoms with van der Waals surface area (Å²) in [5.74, 6) is -1.38. The summed E-state index contributed by atoms with van der Waals surface area (Å²) in [4.78, 5) is 28.4. The molecule has 33 heavy (non-hydrogen) atoms. The first kappa shape index (κ1) is 24.3. The van der Waals surface area contributed by atoms with E-state index in [1.807, 2.05) is 28.8 Å². The van der Waals surface area contributed by atoms with Crippen LogP contribution in [0.5, 0.6) is 0 Å². The predicted octanol–water partition coefficient (Wildman–Crippen LogP) is 3.14. The number of carboxylic acid groups (broad SMARTS) is 1. The number of fused-ring (bicyclic) bond motifs is 1. The van der Waals surface area contributed by atoms with Crippen molar-refractivity contribution in [2.24, 2.45) is 5.92 Å². The Hall–Kier alpha value is -3.34. The standard InChI is InChI=1S/C20H25N5O.C2HF3O2/c1-23(2)11-12-24-10-8-16(14-24)19-22-18(17-5-3-4-9-25(17)19)20(26)21-13-15-6-7-15;3-2(4,5)1(6)7/h3-5,8-10,14-15H,6-7,11-13H2,1-2H3,(H,21,26);(H,6,7). The molecule has 0 bridgehead atoms. The minimum atomic E-state index is -5.08.